The van der Waals surface area contributed by atoms with Crippen LogP contribution in [0, 0.1) is 0 Å². The number of halogens is 1. The van der Waals surface area contributed by atoms with Crippen LogP contribution in [0.3, 0.4) is 0 Å². The van der Waals surface area contributed by atoms with Crippen molar-refractivity contribution in [2.24, 2.45) is 0 Å². The summed E-state index contributed by atoms with van der Waals surface area (Å²) in [5.41, 5.74) is 6.15. The van der Waals surface area contributed by atoms with Gasteiger partial charge in [0.25, 0.3) is 0 Å². The maximum atomic E-state index is 12.5. The quantitative estimate of drug-likeness (QED) is 0.752. The first kappa shape index (κ1) is 15.7. The summed E-state index contributed by atoms with van der Waals surface area (Å²) in [5.74, 6) is 0. The van der Waals surface area contributed by atoms with Gasteiger partial charge in [-0.15, -0.1) is 0 Å². The van der Waals surface area contributed by atoms with Gasteiger partial charge in [0, 0.05) is 42.9 Å². The van der Waals surface area contributed by atoms with Crippen molar-refractivity contribution < 1.29 is 13.5 Å². The molecule has 0 unspecified atom stereocenters. The van der Waals surface area contributed by atoms with Gasteiger partial charge >= 0.3 is 0 Å². The van der Waals surface area contributed by atoms with Crippen LogP contribution < -0.4 is 5.73 Å². The van der Waals surface area contributed by atoms with Gasteiger partial charge < -0.3 is 10.8 Å². The van der Waals surface area contributed by atoms with Crippen LogP contribution in [0.15, 0.2) is 27.6 Å². The molecule has 1 fully saturated rings. The van der Waals surface area contributed by atoms with Crippen molar-refractivity contribution in [2.45, 2.75) is 4.90 Å². The number of nitrogen functional groups attached to an aromatic ring is 1. The fraction of sp³-hybridized carbons (Fsp3) is 0.500. The Morgan fingerprint density at radius 2 is 1.90 bits per heavy atom. The first-order chi connectivity index (χ1) is 9.45. The summed E-state index contributed by atoms with van der Waals surface area (Å²) in [6, 6.07) is 4.67. The topological polar surface area (TPSA) is 86.9 Å². The molecule has 0 amide bonds. The van der Waals surface area contributed by atoms with Gasteiger partial charge in [0.05, 0.1) is 11.5 Å². The number of β-amino-alcohol motifs (C(OH)–C–C–N with tert-alkyl or cyclic N) is 1. The van der Waals surface area contributed by atoms with E-state index in [1.54, 1.807) is 12.1 Å². The number of hydrogen-bond acceptors (Lipinski definition) is 5. The van der Waals surface area contributed by atoms with Crippen molar-refractivity contribution in [2.75, 3.05) is 45.1 Å². The summed E-state index contributed by atoms with van der Waals surface area (Å²) in [4.78, 5) is 2.26. The molecule has 20 heavy (non-hydrogen) atoms. The summed E-state index contributed by atoms with van der Waals surface area (Å²) in [5, 5.41) is 8.89. The number of anilines is 1. The third kappa shape index (κ3) is 3.32. The van der Waals surface area contributed by atoms with E-state index >= 15 is 0 Å². The number of sulfonamides is 1. The number of nitrogens with two attached hydrogens (primary N) is 1. The normalized spacial score (nSPS) is 18.3. The van der Waals surface area contributed by atoms with Gasteiger partial charge in [-0.25, -0.2) is 8.42 Å². The van der Waals surface area contributed by atoms with Crippen LogP contribution in [0.2, 0.25) is 0 Å². The Labute approximate surface area is 127 Å². The van der Waals surface area contributed by atoms with E-state index in [2.05, 4.69) is 15.9 Å². The number of piperazine rings is 1. The second-order valence-electron chi connectivity index (χ2n) is 4.65. The monoisotopic (exact) mass is 363 g/mol. The smallest absolute Gasteiger partial charge is 0.243 e. The molecule has 1 aromatic carbocycles. The third-order valence-electron chi connectivity index (χ3n) is 3.35. The number of hydrogen-bond donors (Lipinski definition) is 2. The van der Waals surface area contributed by atoms with Crippen LogP contribution >= 0.6 is 15.9 Å². The molecule has 1 heterocycles. The molecule has 0 atom stereocenters. The zero-order valence-corrected chi connectivity index (χ0v) is 13.4. The average molecular weight is 364 g/mol. The molecule has 2 rings (SSSR count). The predicted octanol–water partition coefficient (Wildman–Crippen LogP) is 0.330. The van der Waals surface area contributed by atoms with E-state index in [1.807, 2.05) is 4.90 Å². The number of nitrogens with zero attached hydrogens (tertiary/aromatic N) is 2. The van der Waals surface area contributed by atoms with Crippen LogP contribution in [-0.2, 0) is 10.0 Å². The third-order valence-corrected chi connectivity index (χ3v) is 5.97. The Hall–Kier alpha value is -0.670. The van der Waals surface area contributed by atoms with Crippen molar-refractivity contribution in [1.29, 1.82) is 0 Å². The summed E-state index contributed by atoms with van der Waals surface area (Å²) in [7, 11) is -3.50. The molecule has 0 bridgehead atoms. The maximum Gasteiger partial charge on any atom is 0.243 e. The van der Waals surface area contributed by atoms with Crippen molar-refractivity contribution in [3.63, 3.8) is 0 Å². The predicted molar refractivity (Wildman–Crippen MR) is 80.8 cm³/mol. The Balaban J connectivity index is 2.13. The lowest BCUT2D eigenvalue weighted by atomic mass is 10.3. The van der Waals surface area contributed by atoms with Crippen molar-refractivity contribution >= 4 is 31.6 Å². The Kier molecular flexibility index (Phi) is 5.03. The molecule has 0 aliphatic carbocycles. The van der Waals surface area contributed by atoms with E-state index in [4.69, 9.17) is 10.8 Å². The highest BCUT2D eigenvalue weighted by Gasteiger charge is 2.28. The first-order valence-electron chi connectivity index (χ1n) is 6.33. The second kappa shape index (κ2) is 6.40. The van der Waals surface area contributed by atoms with E-state index in [1.165, 1.54) is 10.4 Å². The maximum absolute atomic E-state index is 12.5. The summed E-state index contributed by atoms with van der Waals surface area (Å²) < 4.78 is 27.2. The zero-order chi connectivity index (χ0) is 14.8. The molecule has 0 spiro atoms. The molecule has 3 N–H and O–H groups in total. The van der Waals surface area contributed by atoms with Gasteiger partial charge in [-0.3, -0.25) is 4.90 Å². The molecule has 0 radical (unpaired) electrons. The highest BCUT2D eigenvalue weighted by molar-refractivity contribution is 9.10. The molecule has 112 valence electrons. The molecule has 1 aliphatic rings. The summed E-state index contributed by atoms with van der Waals surface area (Å²) in [6.45, 7) is 2.79. The minimum atomic E-state index is -3.50. The number of aliphatic hydroxyl groups excluding tert-OH is 1. The number of benzene rings is 1. The Bertz CT molecular complexity index is 571. The number of aliphatic hydroxyl groups is 1. The fourth-order valence-electron chi connectivity index (χ4n) is 2.17. The Morgan fingerprint density at radius 3 is 2.45 bits per heavy atom. The SMILES string of the molecule is Nc1cc(S(=O)(=O)N2CCN(CCO)CC2)ccc1Br. The van der Waals surface area contributed by atoms with E-state index in [0.29, 0.717) is 42.9 Å². The minimum Gasteiger partial charge on any atom is -0.398 e. The fourth-order valence-corrected chi connectivity index (χ4v) is 3.87. The van der Waals surface area contributed by atoms with Crippen LogP contribution in [0.5, 0.6) is 0 Å². The van der Waals surface area contributed by atoms with Crippen LogP contribution in [0.25, 0.3) is 0 Å². The zero-order valence-electron chi connectivity index (χ0n) is 11.0. The first-order valence-corrected chi connectivity index (χ1v) is 8.57. The van der Waals surface area contributed by atoms with Crippen molar-refractivity contribution in [3.05, 3.63) is 22.7 Å². The van der Waals surface area contributed by atoms with E-state index in [0.717, 1.165) is 0 Å². The molecule has 0 saturated carbocycles. The van der Waals surface area contributed by atoms with Crippen LogP contribution in [0.1, 0.15) is 0 Å². The van der Waals surface area contributed by atoms with Gasteiger partial charge in [0.1, 0.15) is 0 Å². The van der Waals surface area contributed by atoms with Gasteiger partial charge in [0.2, 0.25) is 10.0 Å². The van der Waals surface area contributed by atoms with Gasteiger partial charge in [-0.2, -0.15) is 4.31 Å². The molecule has 1 aromatic rings. The van der Waals surface area contributed by atoms with Gasteiger partial charge in [0.15, 0.2) is 0 Å². The minimum absolute atomic E-state index is 0.0932. The van der Waals surface area contributed by atoms with Crippen molar-refractivity contribution in [1.82, 2.24) is 9.21 Å². The molecule has 1 aliphatic heterocycles. The van der Waals surface area contributed by atoms with Gasteiger partial charge in [-0.1, -0.05) is 0 Å². The van der Waals surface area contributed by atoms with Crippen LogP contribution in [0.4, 0.5) is 5.69 Å². The van der Waals surface area contributed by atoms with E-state index in [-0.39, 0.29) is 11.5 Å². The summed E-state index contributed by atoms with van der Waals surface area (Å²) in [6.07, 6.45) is 0. The van der Waals surface area contributed by atoms with E-state index in [9.17, 15) is 8.42 Å². The van der Waals surface area contributed by atoms with E-state index < -0.39 is 10.0 Å². The lowest BCUT2D eigenvalue weighted by Gasteiger charge is -2.33. The molecule has 0 aromatic heterocycles. The highest BCUT2D eigenvalue weighted by Crippen LogP contribution is 2.25. The second-order valence-corrected chi connectivity index (χ2v) is 7.44. The molecule has 1 saturated heterocycles. The lowest BCUT2D eigenvalue weighted by molar-refractivity contribution is 0.151. The summed E-state index contributed by atoms with van der Waals surface area (Å²) >= 11 is 3.25. The lowest BCUT2D eigenvalue weighted by Crippen LogP contribution is -2.49. The van der Waals surface area contributed by atoms with Crippen LogP contribution in [-0.4, -0.2) is 62.1 Å². The molecule has 8 heteroatoms. The molecule has 6 nitrogen and oxygen atoms in total. The van der Waals surface area contributed by atoms with Gasteiger partial charge in [-0.05, 0) is 34.1 Å². The Morgan fingerprint density at radius 1 is 1.25 bits per heavy atom. The largest absolute Gasteiger partial charge is 0.398 e. The molecular weight excluding hydrogens is 346 g/mol. The highest BCUT2D eigenvalue weighted by atomic mass is 79.9. The average Bonchev–Trinajstić information content (AvgIpc) is 2.43. The standard InChI is InChI=1S/C12H18BrN3O3S/c13-11-2-1-10(9-12(11)14)20(18,19)16-5-3-15(4-6-16)7-8-17/h1-2,9,17H,3-8,14H2. The number of rotatable bonds is 4. The molecular formula is C12H18BrN3O3S. The van der Waals surface area contributed by atoms with Crippen molar-refractivity contribution in [3.8, 4) is 0 Å².